The third-order valence-electron chi connectivity index (χ3n) is 4.02. The van der Waals surface area contributed by atoms with Gasteiger partial charge in [0.1, 0.15) is 0 Å². The molecular weight excluding hydrogens is 216 g/mol. The minimum Gasteiger partial charge on any atom is -0.389 e. The fourth-order valence-corrected chi connectivity index (χ4v) is 3.01. The number of fused-ring (bicyclic) bond motifs is 1. The fourth-order valence-electron chi connectivity index (χ4n) is 3.01. The minimum absolute atomic E-state index is 0.345. The zero-order chi connectivity index (χ0) is 12.1. The Morgan fingerprint density at radius 3 is 3.12 bits per heavy atom. The van der Waals surface area contributed by atoms with E-state index in [0.29, 0.717) is 25.3 Å². The van der Waals surface area contributed by atoms with Crippen LogP contribution in [-0.2, 0) is 4.74 Å². The fraction of sp³-hybridized carbons (Fsp3) is 1.00. The number of aliphatic hydroxyl groups excluding tert-OH is 1. The molecule has 17 heavy (non-hydrogen) atoms. The Hall–Kier alpha value is -0.160. The number of rotatable bonds is 6. The molecule has 2 aliphatic rings. The van der Waals surface area contributed by atoms with Crippen LogP contribution in [0.3, 0.4) is 0 Å². The SMILES string of the molecule is CCNCC(O)COC1CCC2CCNC2C1. The average molecular weight is 242 g/mol. The summed E-state index contributed by atoms with van der Waals surface area (Å²) in [6, 6.07) is 0.666. The molecule has 3 N–H and O–H groups in total. The van der Waals surface area contributed by atoms with E-state index in [1.54, 1.807) is 0 Å². The summed E-state index contributed by atoms with van der Waals surface area (Å²) in [6.07, 6.45) is 4.88. The Balaban J connectivity index is 1.63. The highest BCUT2D eigenvalue weighted by Gasteiger charge is 2.33. The van der Waals surface area contributed by atoms with Crippen LogP contribution in [0, 0.1) is 5.92 Å². The Morgan fingerprint density at radius 1 is 1.41 bits per heavy atom. The molecule has 1 heterocycles. The van der Waals surface area contributed by atoms with Crippen molar-refractivity contribution >= 4 is 0 Å². The lowest BCUT2D eigenvalue weighted by atomic mass is 9.84. The monoisotopic (exact) mass is 242 g/mol. The molecular formula is C13H26N2O2. The van der Waals surface area contributed by atoms with Gasteiger partial charge in [-0.1, -0.05) is 6.92 Å². The lowest BCUT2D eigenvalue weighted by Crippen LogP contribution is -2.39. The van der Waals surface area contributed by atoms with Gasteiger partial charge in [0.2, 0.25) is 0 Å². The van der Waals surface area contributed by atoms with Crippen molar-refractivity contribution in [2.45, 2.75) is 50.9 Å². The van der Waals surface area contributed by atoms with Crippen molar-refractivity contribution in [3.05, 3.63) is 0 Å². The molecule has 4 atom stereocenters. The maximum Gasteiger partial charge on any atom is 0.0897 e. The molecule has 0 spiro atoms. The first-order valence-corrected chi connectivity index (χ1v) is 7.03. The third kappa shape index (κ3) is 3.91. The van der Waals surface area contributed by atoms with Crippen LogP contribution in [0.25, 0.3) is 0 Å². The van der Waals surface area contributed by atoms with Gasteiger partial charge in [0.25, 0.3) is 0 Å². The summed E-state index contributed by atoms with van der Waals surface area (Å²) in [5, 5.41) is 16.4. The molecule has 100 valence electrons. The van der Waals surface area contributed by atoms with Crippen molar-refractivity contribution in [1.29, 1.82) is 0 Å². The van der Waals surface area contributed by atoms with Crippen LogP contribution in [0.1, 0.15) is 32.6 Å². The van der Waals surface area contributed by atoms with Crippen LogP contribution in [-0.4, -0.2) is 49.6 Å². The highest BCUT2D eigenvalue weighted by atomic mass is 16.5. The van der Waals surface area contributed by atoms with E-state index < -0.39 is 0 Å². The summed E-state index contributed by atoms with van der Waals surface area (Å²) < 4.78 is 5.82. The molecule has 1 aliphatic heterocycles. The van der Waals surface area contributed by atoms with Gasteiger partial charge in [-0.2, -0.15) is 0 Å². The van der Waals surface area contributed by atoms with E-state index in [9.17, 15) is 5.11 Å². The predicted octanol–water partition coefficient (Wildman–Crippen LogP) is 0.504. The van der Waals surface area contributed by atoms with Crippen LogP contribution in [0.5, 0.6) is 0 Å². The smallest absolute Gasteiger partial charge is 0.0897 e. The summed E-state index contributed by atoms with van der Waals surface area (Å²) in [4.78, 5) is 0. The topological polar surface area (TPSA) is 53.5 Å². The van der Waals surface area contributed by atoms with E-state index in [-0.39, 0.29) is 6.10 Å². The number of hydrogen-bond acceptors (Lipinski definition) is 4. The maximum absolute atomic E-state index is 9.70. The molecule has 0 aromatic carbocycles. The highest BCUT2D eigenvalue weighted by molar-refractivity contribution is 4.90. The van der Waals surface area contributed by atoms with Gasteiger partial charge >= 0.3 is 0 Å². The first kappa shape index (κ1) is 13.3. The summed E-state index contributed by atoms with van der Waals surface area (Å²) >= 11 is 0. The zero-order valence-electron chi connectivity index (χ0n) is 10.8. The molecule has 0 radical (unpaired) electrons. The molecule has 0 bridgehead atoms. The summed E-state index contributed by atoms with van der Waals surface area (Å²) in [7, 11) is 0. The van der Waals surface area contributed by atoms with Crippen LogP contribution in [0.4, 0.5) is 0 Å². The summed E-state index contributed by atoms with van der Waals surface area (Å²) in [5.74, 6) is 0.876. The molecule has 1 aliphatic carbocycles. The lowest BCUT2D eigenvalue weighted by Gasteiger charge is -2.32. The van der Waals surface area contributed by atoms with E-state index in [1.807, 2.05) is 6.92 Å². The first-order valence-electron chi connectivity index (χ1n) is 7.03. The quantitative estimate of drug-likeness (QED) is 0.635. The molecule has 1 saturated carbocycles. The highest BCUT2D eigenvalue weighted by Crippen LogP contribution is 2.32. The number of aliphatic hydroxyl groups is 1. The molecule has 4 unspecified atom stereocenters. The van der Waals surface area contributed by atoms with Crippen molar-refractivity contribution in [2.75, 3.05) is 26.2 Å². The summed E-state index contributed by atoms with van der Waals surface area (Å²) in [5.41, 5.74) is 0. The van der Waals surface area contributed by atoms with Gasteiger partial charge in [-0.05, 0) is 44.7 Å². The third-order valence-corrected chi connectivity index (χ3v) is 4.02. The minimum atomic E-state index is -0.371. The largest absolute Gasteiger partial charge is 0.389 e. The zero-order valence-corrected chi connectivity index (χ0v) is 10.8. The van der Waals surface area contributed by atoms with E-state index in [0.717, 1.165) is 25.3 Å². The average Bonchev–Trinajstić information content (AvgIpc) is 2.81. The second kappa shape index (κ2) is 6.69. The maximum atomic E-state index is 9.70. The van der Waals surface area contributed by atoms with Gasteiger partial charge in [-0.25, -0.2) is 0 Å². The van der Waals surface area contributed by atoms with Gasteiger partial charge in [-0.15, -0.1) is 0 Å². The molecule has 0 amide bonds. The number of hydrogen-bond donors (Lipinski definition) is 3. The molecule has 2 fully saturated rings. The van der Waals surface area contributed by atoms with Gasteiger partial charge < -0.3 is 20.5 Å². The Labute approximate surface area is 104 Å². The van der Waals surface area contributed by atoms with Crippen molar-refractivity contribution in [3.63, 3.8) is 0 Å². The molecule has 2 rings (SSSR count). The number of likely N-dealkylation sites (N-methyl/N-ethyl adjacent to an activating group) is 1. The molecule has 1 saturated heterocycles. The Kier molecular flexibility index (Phi) is 5.22. The van der Waals surface area contributed by atoms with Gasteiger partial charge in [0.05, 0.1) is 18.8 Å². The Morgan fingerprint density at radius 2 is 2.29 bits per heavy atom. The summed E-state index contributed by atoms with van der Waals surface area (Å²) in [6.45, 7) is 5.21. The molecule has 0 aromatic heterocycles. The van der Waals surface area contributed by atoms with Crippen LogP contribution >= 0.6 is 0 Å². The standard InChI is InChI=1S/C13H26N2O2/c1-2-14-8-11(16)9-17-12-4-3-10-5-6-15-13(10)7-12/h10-16H,2-9H2,1H3. The predicted molar refractivity (Wildman–Crippen MR) is 68.0 cm³/mol. The van der Waals surface area contributed by atoms with E-state index in [2.05, 4.69) is 10.6 Å². The van der Waals surface area contributed by atoms with E-state index in [4.69, 9.17) is 4.74 Å². The number of nitrogens with one attached hydrogen (secondary N) is 2. The molecule has 4 heteroatoms. The Bertz CT molecular complexity index is 225. The van der Waals surface area contributed by atoms with Crippen molar-refractivity contribution < 1.29 is 9.84 Å². The normalized spacial score (nSPS) is 34.6. The van der Waals surface area contributed by atoms with Crippen molar-refractivity contribution in [1.82, 2.24) is 10.6 Å². The van der Waals surface area contributed by atoms with Gasteiger partial charge in [0.15, 0.2) is 0 Å². The molecule has 4 nitrogen and oxygen atoms in total. The van der Waals surface area contributed by atoms with E-state index >= 15 is 0 Å². The lowest BCUT2D eigenvalue weighted by molar-refractivity contribution is -0.0319. The van der Waals surface area contributed by atoms with E-state index in [1.165, 1.54) is 19.4 Å². The van der Waals surface area contributed by atoms with Crippen LogP contribution < -0.4 is 10.6 Å². The van der Waals surface area contributed by atoms with Gasteiger partial charge in [0, 0.05) is 12.6 Å². The second-order valence-electron chi connectivity index (χ2n) is 5.34. The second-order valence-corrected chi connectivity index (χ2v) is 5.34. The van der Waals surface area contributed by atoms with Crippen molar-refractivity contribution in [2.24, 2.45) is 5.92 Å². The van der Waals surface area contributed by atoms with Crippen molar-refractivity contribution in [3.8, 4) is 0 Å². The first-order chi connectivity index (χ1) is 8.29. The van der Waals surface area contributed by atoms with Gasteiger partial charge in [-0.3, -0.25) is 0 Å². The van der Waals surface area contributed by atoms with Crippen LogP contribution in [0.15, 0.2) is 0 Å². The number of ether oxygens (including phenoxy) is 1. The molecule has 0 aromatic rings. The van der Waals surface area contributed by atoms with Crippen LogP contribution in [0.2, 0.25) is 0 Å².